The molecule has 4 rings (SSSR count). The zero-order valence-corrected chi connectivity index (χ0v) is 18.4. The number of methoxy groups -OCH3 is 1. The van der Waals surface area contributed by atoms with Crippen molar-refractivity contribution in [2.24, 2.45) is 11.1 Å². The Hall–Kier alpha value is -3.12. The normalized spacial score (nSPS) is 18.5. The predicted molar refractivity (Wildman–Crippen MR) is 123 cm³/mol. The highest BCUT2D eigenvalue weighted by molar-refractivity contribution is 7.13. The van der Waals surface area contributed by atoms with E-state index in [1.54, 1.807) is 35.5 Å². The van der Waals surface area contributed by atoms with Crippen LogP contribution in [0.2, 0.25) is 0 Å². The second-order valence-corrected chi connectivity index (χ2v) is 8.98. The lowest BCUT2D eigenvalue weighted by atomic mass is 9.74. The molecule has 2 amide bonds. The van der Waals surface area contributed by atoms with E-state index in [0.29, 0.717) is 37.2 Å². The monoisotopic (exact) mass is 434 g/mol. The van der Waals surface area contributed by atoms with Gasteiger partial charge < -0.3 is 15.4 Å². The SMILES string of the molecule is COc1ccccc1C(=O)N1CCCC(Cc2cccc(-c3cccs3)c2)(C(N)=O)C1. The van der Waals surface area contributed by atoms with Crippen LogP contribution in [0.1, 0.15) is 28.8 Å². The lowest BCUT2D eigenvalue weighted by Gasteiger charge is -2.41. The van der Waals surface area contributed by atoms with Gasteiger partial charge in [-0.3, -0.25) is 9.59 Å². The largest absolute Gasteiger partial charge is 0.496 e. The Morgan fingerprint density at radius 3 is 2.71 bits per heavy atom. The third-order valence-electron chi connectivity index (χ3n) is 6.00. The third-order valence-corrected chi connectivity index (χ3v) is 6.92. The minimum absolute atomic E-state index is 0.130. The van der Waals surface area contributed by atoms with Gasteiger partial charge in [0.1, 0.15) is 5.75 Å². The molecule has 31 heavy (non-hydrogen) atoms. The molecule has 1 unspecified atom stereocenters. The van der Waals surface area contributed by atoms with E-state index in [0.717, 1.165) is 17.5 Å². The van der Waals surface area contributed by atoms with Crippen LogP contribution in [0.5, 0.6) is 5.75 Å². The molecule has 0 aliphatic carbocycles. The van der Waals surface area contributed by atoms with Crippen LogP contribution in [0.15, 0.2) is 66.0 Å². The van der Waals surface area contributed by atoms with E-state index in [2.05, 4.69) is 23.6 Å². The van der Waals surface area contributed by atoms with Crippen molar-refractivity contribution in [2.75, 3.05) is 20.2 Å². The van der Waals surface area contributed by atoms with Gasteiger partial charge in [-0.1, -0.05) is 42.5 Å². The van der Waals surface area contributed by atoms with E-state index < -0.39 is 5.41 Å². The Bertz CT molecular complexity index is 1080. The molecule has 3 aromatic rings. The molecule has 1 aromatic heterocycles. The fraction of sp³-hybridized carbons (Fsp3) is 0.280. The molecule has 1 aliphatic heterocycles. The van der Waals surface area contributed by atoms with Gasteiger partial charge in [-0.2, -0.15) is 0 Å². The van der Waals surface area contributed by atoms with E-state index in [1.165, 1.54) is 4.88 Å². The second kappa shape index (κ2) is 8.94. The highest BCUT2D eigenvalue weighted by atomic mass is 32.1. The summed E-state index contributed by atoms with van der Waals surface area (Å²) in [7, 11) is 1.55. The van der Waals surface area contributed by atoms with Gasteiger partial charge in [0.25, 0.3) is 5.91 Å². The standard InChI is InChI=1S/C25H26N2O3S/c1-30-21-10-3-2-9-20(21)23(28)27-13-6-12-25(17-27,24(26)29)16-18-7-4-8-19(15-18)22-11-5-14-31-22/h2-5,7-11,14-15H,6,12-13,16-17H2,1H3,(H2,26,29). The van der Waals surface area contributed by atoms with Gasteiger partial charge in [0.2, 0.25) is 5.91 Å². The quantitative estimate of drug-likeness (QED) is 0.626. The topological polar surface area (TPSA) is 72.6 Å². The summed E-state index contributed by atoms with van der Waals surface area (Å²) in [5, 5.41) is 2.05. The molecular weight excluding hydrogens is 408 g/mol. The number of carbonyl (C=O) groups excluding carboxylic acids is 2. The molecule has 0 saturated carbocycles. The Balaban J connectivity index is 1.60. The molecule has 1 atom stereocenters. The van der Waals surface area contributed by atoms with Crippen molar-refractivity contribution in [3.8, 4) is 16.2 Å². The van der Waals surface area contributed by atoms with Gasteiger partial charge in [-0.05, 0) is 54.0 Å². The van der Waals surface area contributed by atoms with Crippen molar-refractivity contribution in [1.29, 1.82) is 0 Å². The number of nitrogens with zero attached hydrogens (tertiary/aromatic N) is 1. The number of benzene rings is 2. The van der Waals surface area contributed by atoms with Crippen molar-refractivity contribution < 1.29 is 14.3 Å². The molecule has 2 heterocycles. The lowest BCUT2D eigenvalue weighted by molar-refractivity contribution is -0.130. The molecule has 2 aromatic carbocycles. The Kier molecular flexibility index (Phi) is 6.09. The Labute approximate surface area is 186 Å². The van der Waals surface area contributed by atoms with Gasteiger partial charge in [0.15, 0.2) is 0 Å². The van der Waals surface area contributed by atoms with Gasteiger partial charge in [0.05, 0.1) is 18.1 Å². The molecule has 1 saturated heterocycles. The minimum atomic E-state index is -0.788. The molecule has 6 heteroatoms. The maximum absolute atomic E-state index is 13.2. The average Bonchev–Trinajstić information content (AvgIpc) is 3.34. The highest BCUT2D eigenvalue weighted by Gasteiger charge is 2.42. The summed E-state index contributed by atoms with van der Waals surface area (Å²) in [6.07, 6.45) is 1.91. The predicted octanol–water partition coefficient (Wildman–Crippen LogP) is 4.37. The molecular formula is C25H26N2O3S. The summed E-state index contributed by atoms with van der Waals surface area (Å²) in [6.45, 7) is 0.906. The number of hydrogen-bond donors (Lipinski definition) is 1. The van der Waals surface area contributed by atoms with E-state index in [-0.39, 0.29) is 11.8 Å². The van der Waals surface area contributed by atoms with Gasteiger partial charge in [-0.25, -0.2) is 0 Å². The summed E-state index contributed by atoms with van der Waals surface area (Å²) in [6, 6.07) is 19.5. The van der Waals surface area contributed by atoms with Gasteiger partial charge in [0, 0.05) is 18.0 Å². The number of thiophene rings is 1. The van der Waals surface area contributed by atoms with Gasteiger partial charge in [-0.15, -0.1) is 11.3 Å². The third kappa shape index (κ3) is 4.35. The number of ether oxygens (including phenoxy) is 1. The van der Waals surface area contributed by atoms with Crippen LogP contribution in [0.3, 0.4) is 0 Å². The molecule has 1 fully saturated rings. The summed E-state index contributed by atoms with van der Waals surface area (Å²) in [4.78, 5) is 28.9. The highest BCUT2D eigenvalue weighted by Crippen LogP contribution is 2.36. The van der Waals surface area contributed by atoms with Gasteiger partial charge >= 0.3 is 0 Å². The van der Waals surface area contributed by atoms with E-state index in [4.69, 9.17) is 10.5 Å². The number of piperidine rings is 1. The average molecular weight is 435 g/mol. The molecule has 0 spiro atoms. The number of hydrogen-bond acceptors (Lipinski definition) is 4. The molecule has 0 radical (unpaired) electrons. The number of carbonyl (C=O) groups is 2. The maximum Gasteiger partial charge on any atom is 0.257 e. The van der Waals surface area contributed by atoms with Crippen molar-refractivity contribution in [3.05, 3.63) is 77.2 Å². The maximum atomic E-state index is 13.2. The molecule has 160 valence electrons. The smallest absolute Gasteiger partial charge is 0.257 e. The molecule has 5 nitrogen and oxygen atoms in total. The zero-order chi connectivity index (χ0) is 21.8. The molecule has 1 aliphatic rings. The Morgan fingerprint density at radius 1 is 1.13 bits per heavy atom. The van der Waals surface area contributed by atoms with Crippen LogP contribution in [0, 0.1) is 5.41 Å². The number of primary amides is 1. The summed E-state index contributed by atoms with van der Waals surface area (Å²) < 4.78 is 5.36. The molecule has 2 N–H and O–H groups in total. The zero-order valence-electron chi connectivity index (χ0n) is 17.5. The summed E-state index contributed by atoms with van der Waals surface area (Å²) in [5.41, 5.74) is 7.84. The van der Waals surface area contributed by atoms with Crippen LogP contribution in [-0.4, -0.2) is 36.9 Å². The van der Waals surface area contributed by atoms with Crippen LogP contribution < -0.4 is 10.5 Å². The van der Waals surface area contributed by atoms with Crippen LogP contribution >= 0.6 is 11.3 Å². The number of likely N-dealkylation sites (tertiary alicyclic amines) is 1. The number of nitrogens with two attached hydrogens (primary N) is 1. The fourth-order valence-electron chi connectivity index (χ4n) is 4.40. The first kappa shape index (κ1) is 21.1. The van der Waals surface area contributed by atoms with Crippen molar-refractivity contribution >= 4 is 23.2 Å². The van der Waals surface area contributed by atoms with Crippen molar-refractivity contribution in [2.45, 2.75) is 19.3 Å². The number of para-hydroxylation sites is 1. The van der Waals surface area contributed by atoms with E-state index in [9.17, 15) is 9.59 Å². The number of amides is 2. The number of rotatable bonds is 6. The van der Waals surface area contributed by atoms with Crippen molar-refractivity contribution in [3.63, 3.8) is 0 Å². The summed E-state index contributed by atoms with van der Waals surface area (Å²) >= 11 is 1.69. The second-order valence-electron chi connectivity index (χ2n) is 8.03. The molecule has 0 bridgehead atoms. The summed E-state index contributed by atoms with van der Waals surface area (Å²) in [5.74, 6) is 0.0491. The lowest BCUT2D eigenvalue weighted by Crippen LogP contribution is -2.53. The van der Waals surface area contributed by atoms with Crippen LogP contribution in [-0.2, 0) is 11.2 Å². The first-order valence-electron chi connectivity index (χ1n) is 10.4. The van der Waals surface area contributed by atoms with Crippen LogP contribution in [0.4, 0.5) is 0 Å². The van der Waals surface area contributed by atoms with E-state index in [1.807, 2.05) is 30.3 Å². The van der Waals surface area contributed by atoms with Crippen molar-refractivity contribution in [1.82, 2.24) is 4.90 Å². The fourth-order valence-corrected chi connectivity index (χ4v) is 5.12. The first-order chi connectivity index (χ1) is 15.0. The minimum Gasteiger partial charge on any atom is -0.496 e. The van der Waals surface area contributed by atoms with Crippen LogP contribution in [0.25, 0.3) is 10.4 Å². The Morgan fingerprint density at radius 2 is 1.97 bits per heavy atom. The van der Waals surface area contributed by atoms with E-state index >= 15 is 0 Å². The first-order valence-corrected chi connectivity index (χ1v) is 11.3.